The third-order valence-corrected chi connectivity index (χ3v) is 4.78. The largest absolute Gasteiger partial charge is 0.370 e. The van der Waals surface area contributed by atoms with Crippen molar-refractivity contribution in [1.82, 2.24) is 9.97 Å². The average Bonchev–Trinajstić information content (AvgIpc) is 3.28. The van der Waals surface area contributed by atoms with E-state index in [0.29, 0.717) is 16.0 Å². The van der Waals surface area contributed by atoms with Crippen molar-refractivity contribution in [2.45, 2.75) is 35.6 Å². The molecule has 0 bridgehead atoms. The lowest BCUT2D eigenvalue weighted by Gasteiger charge is -2.08. The molecule has 2 aromatic rings. The highest BCUT2D eigenvalue weighted by Gasteiger charge is 2.27. The molecule has 0 atom stereocenters. The molecular weight excluding hydrogens is 325 g/mol. The summed E-state index contributed by atoms with van der Waals surface area (Å²) < 4.78 is 0. The van der Waals surface area contributed by atoms with Crippen LogP contribution in [-0.4, -0.2) is 16.5 Å². The topological polar surface area (TPSA) is 37.8 Å². The van der Waals surface area contributed by atoms with Crippen LogP contribution in [0.1, 0.15) is 31.5 Å². The SMILES string of the molecule is CCNc1cc(Sc2ccc(Cl)c(Cl)c2)nc(C2CC2)n1. The standard InChI is InChI=1S/C15H15Cl2N3S/c1-2-18-13-8-14(20-15(19-13)9-3-4-9)21-10-5-6-11(16)12(17)7-10/h5-9H,2-4H2,1H3,(H,18,19,20). The van der Waals surface area contributed by atoms with Gasteiger partial charge in [0.2, 0.25) is 0 Å². The molecule has 1 heterocycles. The Kier molecular flexibility index (Phi) is 4.57. The molecule has 0 radical (unpaired) electrons. The zero-order valence-corrected chi connectivity index (χ0v) is 13.9. The van der Waals surface area contributed by atoms with Crippen LogP contribution in [-0.2, 0) is 0 Å². The average molecular weight is 340 g/mol. The van der Waals surface area contributed by atoms with E-state index in [0.717, 1.165) is 28.1 Å². The monoisotopic (exact) mass is 339 g/mol. The first-order chi connectivity index (χ1) is 10.2. The number of hydrogen-bond acceptors (Lipinski definition) is 4. The van der Waals surface area contributed by atoms with Gasteiger partial charge in [-0.1, -0.05) is 35.0 Å². The summed E-state index contributed by atoms with van der Waals surface area (Å²) in [6.45, 7) is 2.91. The Morgan fingerprint density at radius 2 is 2.00 bits per heavy atom. The first kappa shape index (κ1) is 14.9. The molecule has 0 amide bonds. The molecule has 1 aliphatic rings. The smallest absolute Gasteiger partial charge is 0.135 e. The molecule has 1 aliphatic carbocycles. The summed E-state index contributed by atoms with van der Waals surface area (Å²) in [4.78, 5) is 10.3. The summed E-state index contributed by atoms with van der Waals surface area (Å²) in [7, 11) is 0. The molecule has 3 rings (SSSR count). The van der Waals surface area contributed by atoms with Crippen molar-refractivity contribution in [2.75, 3.05) is 11.9 Å². The molecule has 6 heteroatoms. The summed E-state index contributed by atoms with van der Waals surface area (Å²) in [5.41, 5.74) is 0. The molecular formula is C15H15Cl2N3S. The number of benzene rings is 1. The fraction of sp³-hybridized carbons (Fsp3) is 0.333. The van der Waals surface area contributed by atoms with Gasteiger partial charge in [0.25, 0.3) is 0 Å². The Morgan fingerprint density at radius 3 is 2.67 bits per heavy atom. The molecule has 1 aromatic carbocycles. The van der Waals surface area contributed by atoms with Crippen LogP contribution in [0.2, 0.25) is 10.0 Å². The number of hydrogen-bond donors (Lipinski definition) is 1. The van der Waals surface area contributed by atoms with Gasteiger partial charge in [0.15, 0.2) is 0 Å². The van der Waals surface area contributed by atoms with E-state index in [1.807, 2.05) is 18.2 Å². The Labute approximate surface area is 138 Å². The molecule has 21 heavy (non-hydrogen) atoms. The maximum absolute atomic E-state index is 6.06. The van der Waals surface area contributed by atoms with Gasteiger partial charge < -0.3 is 5.32 Å². The molecule has 3 nitrogen and oxygen atoms in total. The number of anilines is 1. The molecule has 1 fully saturated rings. The second kappa shape index (κ2) is 6.42. The maximum atomic E-state index is 6.06. The van der Waals surface area contributed by atoms with Crippen LogP contribution in [0.3, 0.4) is 0 Å². The van der Waals surface area contributed by atoms with Gasteiger partial charge in [0.05, 0.1) is 10.0 Å². The molecule has 1 saturated carbocycles. The van der Waals surface area contributed by atoms with Crippen molar-refractivity contribution in [3.63, 3.8) is 0 Å². The van der Waals surface area contributed by atoms with Crippen molar-refractivity contribution in [1.29, 1.82) is 0 Å². The maximum Gasteiger partial charge on any atom is 0.135 e. The molecule has 0 unspecified atom stereocenters. The Bertz CT molecular complexity index is 659. The number of rotatable bonds is 5. The number of nitrogens with one attached hydrogen (secondary N) is 1. The van der Waals surface area contributed by atoms with Gasteiger partial charge in [-0.15, -0.1) is 0 Å². The van der Waals surface area contributed by atoms with Crippen molar-refractivity contribution in [3.05, 3.63) is 40.1 Å². The third kappa shape index (κ3) is 3.82. The van der Waals surface area contributed by atoms with E-state index < -0.39 is 0 Å². The second-order valence-electron chi connectivity index (χ2n) is 4.93. The van der Waals surface area contributed by atoms with E-state index in [4.69, 9.17) is 23.2 Å². The molecule has 0 spiro atoms. The van der Waals surface area contributed by atoms with Crippen LogP contribution in [0.4, 0.5) is 5.82 Å². The summed E-state index contributed by atoms with van der Waals surface area (Å²) in [5, 5.41) is 5.32. The third-order valence-electron chi connectivity index (χ3n) is 3.13. The van der Waals surface area contributed by atoms with E-state index in [1.54, 1.807) is 17.8 Å². The van der Waals surface area contributed by atoms with Gasteiger partial charge >= 0.3 is 0 Å². The molecule has 110 valence electrons. The highest BCUT2D eigenvalue weighted by Crippen LogP contribution is 2.40. The van der Waals surface area contributed by atoms with Crippen LogP contribution in [0.25, 0.3) is 0 Å². The Balaban J connectivity index is 1.87. The molecule has 0 aliphatic heterocycles. The lowest BCUT2D eigenvalue weighted by molar-refractivity contribution is 0.877. The lowest BCUT2D eigenvalue weighted by Crippen LogP contribution is -2.03. The highest BCUT2D eigenvalue weighted by atomic mass is 35.5. The quantitative estimate of drug-likeness (QED) is 0.755. The zero-order chi connectivity index (χ0) is 14.8. The van der Waals surface area contributed by atoms with Gasteiger partial charge in [-0.05, 0) is 38.0 Å². The number of aromatic nitrogens is 2. The van der Waals surface area contributed by atoms with Gasteiger partial charge in [-0.2, -0.15) is 0 Å². The van der Waals surface area contributed by atoms with Crippen molar-refractivity contribution >= 4 is 40.8 Å². The summed E-state index contributed by atoms with van der Waals surface area (Å²) in [6.07, 6.45) is 2.37. The molecule has 1 aromatic heterocycles. The van der Waals surface area contributed by atoms with Crippen molar-refractivity contribution in [3.8, 4) is 0 Å². The van der Waals surface area contributed by atoms with Crippen LogP contribution in [0.15, 0.2) is 34.2 Å². The van der Waals surface area contributed by atoms with E-state index in [9.17, 15) is 0 Å². The van der Waals surface area contributed by atoms with Crippen LogP contribution >= 0.6 is 35.0 Å². The first-order valence-corrected chi connectivity index (χ1v) is 8.48. The normalized spacial score (nSPS) is 14.2. The predicted molar refractivity (Wildman–Crippen MR) is 88.8 cm³/mol. The van der Waals surface area contributed by atoms with Gasteiger partial charge in [-0.25, -0.2) is 9.97 Å². The van der Waals surface area contributed by atoms with Crippen LogP contribution < -0.4 is 5.32 Å². The van der Waals surface area contributed by atoms with Crippen molar-refractivity contribution in [2.24, 2.45) is 0 Å². The Morgan fingerprint density at radius 1 is 1.19 bits per heavy atom. The minimum Gasteiger partial charge on any atom is -0.370 e. The van der Waals surface area contributed by atoms with Gasteiger partial charge in [0, 0.05) is 23.4 Å². The van der Waals surface area contributed by atoms with E-state index in [-0.39, 0.29) is 0 Å². The second-order valence-corrected chi connectivity index (χ2v) is 6.84. The van der Waals surface area contributed by atoms with Crippen LogP contribution in [0, 0.1) is 0 Å². The first-order valence-electron chi connectivity index (χ1n) is 6.91. The minimum absolute atomic E-state index is 0.525. The molecule has 0 saturated heterocycles. The summed E-state index contributed by atoms with van der Waals surface area (Å²) in [5.74, 6) is 2.35. The van der Waals surface area contributed by atoms with Gasteiger partial charge in [0.1, 0.15) is 16.7 Å². The van der Waals surface area contributed by atoms with Crippen molar-refractivity contribution < 1.29 is 0 Å². The van der Waals surface area contributed by atoms with Gasteiger partial charge in [-0.3, -0.25) is 0 Å². The summed E-state index contributed by atoms with van der Waals surface area (Å²) in [6, 6.07) is 7.59. The Hall–Kier alpha value is -0.970. The number of halogens is 2. The molecule has 1 N–H and O–H groups in total. The zero-order valence-electron chi connectivity index (χ0n) is 11.6. The minimum atomic E-state index is 0.525. The highest BCUT2D eigenvalue weighted by molar-refractivity contribution is 7.99. The van der Waals surface area contributed by atoms with E-state index in [2.05, 4.69) is 22.2 Å². The predicted octanol–water partition coefficient (Wildman–Crippen LogP) is 5.24. The number of nitrogens with zero attached hydrogens (tertiary/aromatic N) is 2. The fourth-order valence-electron chi connectivity index (χ4n) is 1.95. The summed E-state index contributed by atoms with van der Waals surface area (Å²) >= 11 is 13.6. The lowest BCUT2D eigenvalue weighted by atomic mass is 10.4. The van der Waals surface area contributed by atoms with E-state index >= 15 is 0 Å². The van der Waals surface area contributed by atoms with E-state index in [1.165, 1.54) is 12.8 Å². The van der Waals surface area contributed by atoms with Crippen LogP contribution in [0.5, 0.6) is 0 Å². The fourth-order valence-corrected chi connectivity index (χ4v) is 3.18.